The van der Waals surface area contributed by atoms with Gasteiger partial charge in [-0.2, -0.15) is 0 Å². The molecule has 0 saturated heterocycles. The molecule has 0 aliphatic heterocycles. The van der Waals surface area contributed by atoms with Crippen molar-refractivity contribution in [3.8, 4) is 0 Å². The van der Waals surface area contributed by atoms with Crippen LogP contribution in [0.3, 0.4) is 0 Å². The van der Waals surface area contributed by atoms with Crippen LogP contribution in [0.2, 0.25) is 0 Å². The fourth-order valence-corrected chi connectivity index (χ4v) is 0.554. The maximum Gasteiger partial charge on any atom is 0.523 e. The molecule has 0 aliphatic carbocycles. The summed E-state index contributed by atoms with van der Waals surface area (Å²) in [5.74, 6) is -1.65. The summed E-state index contributed by atoms with van der Waals surface area (Å²) >= 11 is 0. The van der Waals surface area contributed by atoms with Gasteiger partial charge in [0.15, 0.2) is 0 Å². The molecule has 0 bridgehead atoms. The molecule has 1 aromatic heterocycles. The Hall–Kier alpha value is -2.26. The lowest BCUT2D eigenvalue weighted by molar-refractivity contribution is -0.558. The fourth-order valence-electron chi connectivity index (χ4n) is 0.554. The third-order valence-corrected chi connectivity index (χ3v) is 0.975. The number of anilines is 1. The molecule has 10 heteroatoms. The van der Waals surface area contributed by atoms with Crippen LogP contribution in [0.25, 0.3) is 0 Å². The summed E-state index contributed by atoms with van der Waals surface area (Å²) in [5.41, 5.74) is 4.92. The molecule has 2 N–H and O–H groups in total. The van der Waals surface area contributed by atoms with E-state index in [1.807, 2.05) is 0 Å². The first-order valence-corrected chi connectivity index (χ1v) is 2.54. The number of nitrogens with zero attached hydrogens (tertiary/aromatic N) is 5. The molecular weight excluding hydrogens is 172 g/mol. The van der Waals surface area contributed by atoms with E-state index in [0.717, 1.165) is 0 Å². The third-order valence-electron chi connectivity index (χ3n) is 0.975. The Morgan fingerprint density at radius 1 is 1.33 bits per heavy atom. The Bertz CT molecular complexity index is 341. The van der Waals surface area contributed by atoms with E-state index in [1.54, 1.807) is 0 Å². The molecule has 0 atom stereocenters. The second-order valence-corrected chi connectivity index (χ2v) is 1.66. The largest absolute Gasteiger partial charge is 0.523 e. The van der Waals surface area contributed by atoms with Gasteiger partial charge in [0.25, 0.3) is 0 Å². The molecule has 0 aromatic carbocycles. The van der Waals surface area contributed by atoms with Crippen molar-refractivity contribution < 1.29 is 9.96 Å². The minimum atomic E-state index is -1.08. The Balaban J connectivity index is 3.31. The van der Waals surface area contributed by atoms with Crippen molar-refractivity contribution >= 4 is 11.9 Å². The van der Waals surface area contributed by atoms with Crippen LogP contribution in [0.15, 0.2) is 0 Å². The Labute approximate surface area is 63.9 Å². The molecule has 0 radical (unpaired) electrons. The smallest absolute Gasteiger partial charge is 0.390 e. The van der Waals surface area contributed by atoms with E-state index in [9.17, 15) is 20.2 Å². The quantitative estimate of drug-likeness (QED) is 0.438. The predicted molar refractivity (Wildman–Crippen MR) is 33.5 cm³/mol. The van der Waals surface area contributed by atoms with Crippen molar-refractivity contribution in [2.24, 2.45) is 0 Å². The van der Waals surface area contributed by atoms with Gasteiger partial charge < -0.3 is 15.8 Å². The normalized spacial score (nSPS) is 9.67. The minimum absolute atomic E-state index is 0.0139. The van der Waals surface area contributed by atoms with Gasteiger partial charge in [-0.25, -0.2) is 10.1 Å². The monoisotopic (exact) mass is 174 g/mol. The van der Waals surface area contributed by atoms with E-state index in [4.69, 9.17) is 5.73 Å². The van der Waals surface area contributed by atoms with Crippen molar-refractivity contribution in [3.05, 3.63) is 20.2 Å². The van der Waals surface area contributed by atoms with E-state index in [0.29, 0.717) is 0 Å². The molecule has 0 unspecified atom stereocenters. The molecule has 0 aliphatic rings. The second kappa shape index (κ2) is 2.41. The van der Waals surface area contributed by atoms with Gasteiger partial charge in [0.2, 0.25) is 5.03 Å². The van der Waals surface area contributed by atoms with Gasteiger partial charge in [-0.15, -0.1) is 0 Å². The molecule has 1 aromatic rings. The Morgan fingerprint density at radius 3 is 2.25 bits per heavy atom. The lowest BCUT2D eigenvalue weighted by Gasteiger charge is -1.89. The number of hydrogen-bond donors (Lipinski definition) is 1. The van der Waals surface area contributed by atoms with Crippen LogP contribution in [0.5, 0.6) is 0 Å². The summed E-state index contributed by atoms with van der Waals surface area (Å²) < 4.78 is -0.0139. The lowest BCUT2D eigenvalue weighted by Crippen LogP contribution is -2.14. The van der Waals surface area contributed by atoms with E-state index in [-0.39, 0.29) is 4.68 Å². The fraction of sp³-hybridized carbons (Fsp3) is 0. The summed E-state index contributed by atoms with van der Waals surface area (Å²) in [6.45, 7) is 0. The number of nitrogen functional groups attached to an aromatic ring is 1. The summed E-state index contributed by atoms with van der Waals surface area (Å²) in [4.78, 5) is 19.1. The highest BCUT2D eigenvalue weighted by molar-refractivity contribution is 5.20. The molecule has 10 nitrogen and oxygen atoms in total. The molecule has 1 rings (SSSR count). The van der Waals surface area contributed by atoms with Crippen LogP contribution < -0.4 is 5.73 Å². The highest BCUT2D eigenvalue weighted by Crippen LogP contribution is 2.09. The molecule has 0 amide bonds. The molecule has 0 saturated carbocycles. The van der Waals surface area contributed by atoms with Gasteiger partial charge >= 0.3 is 11.9 Å². The highest BCUT2D eigenvalue weighted by Gasteiger charge is 2.30. The van der Waals surface area contributed by atoms with Crippen molar-refractivity contribution in [1.29, 1.82) is 0 Å². The van der Waals surface area contributed by atoms with E-state index in [1.165, 1.54) is 0 Å². The minimum Gasteiger partial charge on any atom is -0.390 e. The maximum atomic E-state index is 10.1. The Morgan fingerprint density at radius 2 is 1.92 bits per heavy atom. The van der Waals surface area contributed by atoms with E-state index >= 15 is 0 Å². The molecular formula is C2H2N6O4. The first kappa shape index (κ1) is 7.84. The van der Waals surface area contributed by atoms with Gasteiger partial charge in [0.05, 0.1) is 5.10 Å². The average molecular weight is 174 g/mol. The lowest BCUT2D eigenvalue weighted by atomic mass is 11.0. The maximum absolute atomic E-state index is 10.1. The van der Waals surface area contributed by atoms with Gasteiger partial charge in [-0.05, 0) is 10.0 Å². The van der Waals surface area contributed by atoms with Crippen molar-refractivity contribution in [1.82, 2.24) is 14.9 Å². The number of nitrogens with two attached hydrogens (primary N) is 1. The third kappa shape index (κ3) is 1.00. The summed E-state index contributed by atoms with van der Waals surface area (Å²) in [6, 6.07) is 0. The SMILES string of the molecule is Nc1nnc([N+](=O)[O-])n1[N+](=O)[O-]. The molecule has 0 spiro atoms. The summed E-state index contributed by atoms with van der Waals surface area (Å²) in [6.07, 6.45) is 0. The van der Waals surface area contributed by atoms with Gasteiger partial charge in [-0.3, -0.25) is 0 Å². The number of aromatic nitrogens is 3. The van der Waals surface area contributed by atoms with Crippen LogP contribution >= 0.6 is 0 Å². The number of nitro groups is 2. The predicted octanol–water partition coefficient (Wildman–Crippen LogP) is -1.19. The van der Waals surface area contributed by atoms with Crippen LogP contribution in [-0.2, 0) is 0 Å². The van der Waals surface area contributed by atoms with Crippen LogP contribution in [0.1, 0.15) is 0 Å². The van der Waals surface area contributed by atoms with Gasteiger partial charge in [0, 0.05) is 0 Å². The highest BCUT2D eigenvalue weighted by atomic mass is 16.7. The first-order valence-electron chi connectivity index (χ1n) is 2.54. The summed E-state index contributed by atoms with van der Waals surface area (Å²) in [5, 5.41) is 24.9. The van der Waals surface area contributed by atoms with Crippen LogP contribution in [0.4, 0.5) is 11.9 Å². The van der Waals surface area contributed by atoms with Gasteiger partial charge in [-0.1, -0.05) is 0 Å². The Kier molecular flexibility index (Phi) is 1.58. The van der Waals surface area contributed by atoms with Crippen molar-refractivity contribution in [3.63, 3.8) is 0 Å². The zero-order valence-corrected chi connectivity index (χ0v) is 5.45. The zero-order chi connectivity index (χ0) is 9.30. The standard InChI is InChI=1S/C2H2N6O4/c3-1-4-5-2(7(9)10)6(1)8(11)12/h(H2,3,4). The van der Waals surface area contributed by atoms with Crippen LogP contribution in [-0.4, -0.2) is 24.8 Å². The van der Waals surface area contributed by atoms with Crippen molar-refractivity contribution in [2.75, 3.05) is 5.73 Å². The van der Waals surface area contributed by atoms with E-state index < -0.39 is 21.9 Å². The number of hydrogen-bond acceptors (Lipinski definition) is 7. The van der Waals surface area contributed by atoms with Crippen LogP contribution in [0, 0.1) is 20.2 Å². The van der Waals surface area contributed by atoms with E-state index in [2.05, 4.69) is 10.2 Å². The topological polar surface area (TPSA) is 143 Å². The first-order chi connectivity index (χ1) is 5.54. The van der Waals surface area contributed by atoms with Crippen molar-refractivity contribution in [2.45, 2.75) is 0 Å². The molecule has 12 heavy (non-hydrogen) atoms. The second-order valence-electron chi connectivity index (χ2n) is 1.66. The summed E-state index contributed by atoms with van der Waals surface area (Å²) in [7, 11) is 0. The zero-order valence-electron chi connectivity index (χ0n) is 5.45. The molecule has 64 valence electrons. The average Bonchev–Trinajstić information content (AvgIpc) is 2.30. The number of rotatable bonds is 2. The van der Waals surface area contributed by atoms with Gasteiger partial charge in [0.1, 0.15) is 4.68 Å². The molecule has 1 heterocycles. The molecule has 0 fully saturated rings.